The molecule has 0 spiro atoms. The van der Waals surface area contributed by atoms with Crippen LogP contribution in [0.3, 0.4) is 0 Å². The molecule has 0 aliphatic rings. The highest BCUT2D eigenvalue weighted by Gasteiger charge is 2.58. The monoisotopic (exact) mass is 318 g/mol. The minimum Gasteiger partial charge on any atom is -0.460 e. The average molecular weight is 318 g/mol. The number of furan rings is 1. The number of rotatable bonds is 7. The molecule has 0 aliphatic heterocycles. The Morgan fingerprint density at radius 1 is 1.30 bits per heavy atom. The van der Waals surface area contributed by atoms with E-state index < -0.39 is 47.3 Å². The molecule has 0 fully saturated rings. The summed E-state index contributed by atoms with van der Waals surface area (Å²) in [5.74, 6) is -5.82. The van der Waals surface area contributed by atoms with E-state index in [9.17, 15) is 30.8 Å². The molecular formula is C10H10F4O5S. The van der Waals surface area contributed by atoms with Gasteiger partial charge in [-0.25, -0.2) is 13.2 Å². The van der Waals surface area contributed by atoms with Crippen LogP contribution < -0.4 is 0 Å². The standard InChI is InChI=1S/C10H10F4O5S/c11-9(12,10(13,14)20(16)17)4-2-6-19-8(15)7-3-1-5-18-7/h1,3,5,20H,2,4,6H2. The lowest BCUT2D eigenvalue weighted by Crippen LogP contribution is -2.41. The number of hydrogen-bond donors (Lipinski definition) is 1. The highest BCUT2D eigenvalue weighted by Crippen LogP contribution is 2.38. The fraction of sp³-hybridized carbons (Fsp3) is 0.500. The van der Waals surface area contributed by atoms with Crippen molar-refractivity contribution < 1.29 is 39.9 Å². The molecule has 114 valence electrons. The van der Waals surface area contributed by atoms with E-state index in [1.807, 2.05) is 0 Å². The normalized spacial score (nSPS) is 12.7. The predicted molar refractivity (Wildman–Crippen MR) is 58.4 cm³/mol. The largest absolute Gasteiger partial charge is 0.460 e. The van der Waals surface area contributed by atoms with E-state index in [0.29, 0.717) is 0 Å². The first-order valence-corrected chi connectivity index (χ1v) is 6.47. The number of hydrogen-bond acceptors (Lipinski definition) is 5. The molecule has 1 heterocycles. The van der Waals surface area contributed by atoms with Crippen LogP contribution in [-0.4, -0.2) is 32.2 Å². The summed E-state index contributed by atoms with van der Waals surface area (Å²) < 4.78 is 80.5. The minimum absolute atomic E-state index is 0.162. The SMILES string of the molecule is O=C(OCCCC(F)(F)C(F)(F)[SH](=O)=O)c1ccco1. The topological polar surface area (TPSA) is 73.6 Å². The molecular weight excluding hydrogens is 308 g/mol. The molecule has 1 aromatic rings. The number of halogens is 4. The maximum absolute atomic E-state index is 13.0. The lowest BCUT2D eigenvalue weighted by molar-refractivity contribution is -0.160. The molecule has 0 radical (unpaired) electrons. The van der Waals surface area contributed by atoms with Gasteiger partial charge in [0.05, 0.1) is 12.9 Å². The highest BCUT2D eigenvalue weighted by molar-refractivity contribution is 7.73. The Morgan fingerprint density at radius 2 is 1.95 bits per heavy atom. The molecule has 0 bridgehead atoms. The minimum atomic E-state index is -5.13. The molecule has 20 heavy (non-hydrogen) atoms. The van der Waals surface area contributed by atoms with Crippen LogP contribution in [0, 0.1) is 0 Å². The van der Waals surface area contributed by atoms with Crippen molar-refractivity contribution in [1.29, 1.82) is 0 Å². The van der Waals surface area contributed by atoms with Crippen molar-refractivity contribution in [2.24, 2.45) is 0 Å². The Bertz CT molecular complexity index is 516. The lowest BCUT2D eigenvalue weighted by Gasteiger charge is -2.21. The van der Waals surface area contributed by atoms with Crippen LogP contribution in [0.25, 0.3) is 0 Å². The maximum atomic E-state index is 13.0. The van der Waals surface area contributed by atoms with Crippen LogP contribution in [0.1, 0.15) is 23.4 Å². The lowest BCUT2D eigenvalue weighted by atomic mass is 10.2. The fourth-order valence-corrected chi connectivity index (χ4v) is 1.59. The first kappa shape index (κ1) is 16.5. The van der Waals surface area contributed by atoms with Crippen molar-refractivity contribution in [3.63, 3.8) is 0 Å². The summed E-state index contributed by atoms with van der Waals surface area (Å²) in [5, 5.41) is -5.13. The van der Waals surface area contributed by atoms with Gasteiger partial charge in [-0.1, -0.05) is 0 Å². The number of alkyl halides is 4. The summed E-state index contributed by atoms with van der Waals surface area (Å²) >= 11 is 0. The second kappa shape index (κ2) is 6.25. The number of carbonyl (C=O) groups is 1. The van der Waals surface area contributed by atoms with E-state index in [1.165, 1.54) is 18.4 Å². The Balaban J connectivity index is 2.43. The van der Waals surface area contributed by atoms with E-state index in [2.05, 4.69) is 9.15 Å². The summed E-state index contributed by atoms with van der Waals surface area (Å²) in [4.78, 5) is 11.2. The van der Waals surface area contributed by atoms with Crippen LogP contribution in [0.15, 0.2) is 22.8 Å². The first-order valence-electron chi connectivity index (χ1n) is 5.29. The Labute approximate surface area is 112 Å². The summed E-state index contributed by atoms with van der Waals surface area (Å²) in [6.45, 7) is -0.569. The zero-order valence-corrected chi connectivity index (χ0v) is 10.7. The molecule has 0 unspecified atom stereocenters. The molecule has 0 N–H and O–H groups in total. The van der Waals surface area contributed by atoms with Crippen LogP contribution in [0.5, 0.6) is 0 Å². The smallest absolute Gasteiger partial charge is 0.404 e. The van der Waals surface area contributed by atoms with Gasteiger partial charge in [0.1, 0.15) is 0 Å². The van der Waals surface area contributed by atoms with E-state index in [0.717, 1.165) is 0 Å². The van der Waals surface area contributed by atoms with Gasteiger partial charge in [0, 0.05) is 6.42 Å². The average Bonchev–Trinajstić information content (AvgIpc) is 2.87. The second-order valence-electron chi connectivity index (χ2n) is 3.72. The van der Waals surface area contributed by atoms with Gasteiger partial charge in [0.25, 0.3) is 0 Å². The van der Waals surface area contributed by atoms with Crippen molar-refractivity contribution in [2.45, 2.75) is 24.0 Å². The maximum Gasteiger partial charge on any atom is 0.404 e. The molecule has 1 aromatic heterocycles. The van der Waals surface area contributed by atoms with Gasteiger partial charge >= 0.3 is 17.1 Å². The number of esters is 1. The molecule has 0 saturated heterocycles. The molecule has 0 aromatic carbocycles. The molecule has 10 heteroatoms. The summed E-state index contributed by atoms with van der Waals surface area (Å²) in [6.07, 6.45) is -0.872. The molecule has 0 atom stereocenters. The van der Waals surface area contributed by atoms with Gasteiger partial charge in [-0.15, -0.1) is 0 Å². The summed E-state index contributed by atoms with van der Waals surface area (Å²) in [7, 11) is -4.60. The van der Waals surface area contributed by atoms with Crippen LogP contribution in [-0.2, 0) is 15.4 Å². The van der Waals surface area contributed by atoms with E-state index in [1.54, 1.807) is 0 Å². The van der Waals surface area contributed by atoms with Gasteiger partial charge in [-0.3, -0.25) is 0 Å². The van der Waals surface area contributed by atoms with E-state index in [-0.39, 0.29) is 5.76 Å². The number of carbonyl (C=O) groups excluding carboxylic acids is 1. The third kappa shape index (κ3) is 3.71. The van der Waals surface area contributed by atoms with Crippen LogP contribution in [0.2, 0.25) is 0 Å². The number of ether oxygens (including phenoxy) is 1. The van der Waals surface area contributed by atoms with Crippen molar-refractivity contribution in [3.8, 4) is 0 Å². The zero-order chi connectivity index (χ0) is 15.4. The molecule has 0 aliphatic carbocycles. The summed E-state index contributed by atoms with van der Waals surface area (Å²) in [6, 6.07) is 2.67. The third-order valence-corrected chi connectivity index (χ3v) is 3.05. The van der Waals surface area contributed by atoms with Gasteiger partial charge in [0.15, 0.2) is 0 Å². The van der Waals surface area contributed by atoms with Crippen LogP contribution in [0.4, 0.5) is 17.6 Å². The molecule has 0 saturated carbocycles. The van der Waals surface area contributed by atoms with Crippen molar-refractivity contribution in [2.75, 3.05) is 6.61 Å². The Morgan fingerprint density at radius 3 is 2.45 bits per heavy atom. The zero-order valence-electron chi connectivity index (χ0n) is 9.85. The quantitative estimate of drug-likeness (QED) is 0.360. The van der Waals surface area contributed by atoms with Gasteiger partial charge < -0.3 is 9.15 Å². The third-order valence-electron chi connectivity index (χ3n) is 2.26. The fourth-order valence-electron chi connectivity index (χ4n) is 1.21. The first-order chi connectivity index (χ1) is 9.18. The second-order valence-corrected chi connectivity index (χ2v) is 4.80. The van der Waals surface area contributed by atoms with Crippen molar-refractivity contribution in [1.82, 2.24) is 0 Å². The van der Waals surface area contributed by atoms with Crippen molar-refractivity contribution >= 4 is 16.7 Å². The van der Waals surface area contributed by atoms with Gasteiger partial charge in [-0.2, -0.15) is 17.6 Å². The van der Waals surface area contributed by atoms with Crippen molar-refractivity contribution in [3.05, 3.63) is 24.2 Å². The summed E-state index contributed by atoms with van der Waals surface area (Å²) in [5.41, 5.74) is 0. The van der Waals surface area contributed by atoms with E-state index in [4.69, 9.17) is 0 Å². The molecule has 1 rings (SSSR count). The molecule has 5 nitrogen and oxygen atoms in total. The Kier molecular flexibility index (Phi) is 5.15. The number of thiol groups is 1. The Hall–Kier alpha value is -1.58. The predicted octanol–water partition coefficient (Wildman–Crippen LogP) is 2.06. The van der Waals surface area contributed by atoms with Crippen LogP contribution >= 0.6 is 0 Å². The molecule has 0 amide bonds. The van der Waals surface area contributed by atoms with E-state index >= 15 is 0 Å². The van der Waals surface area contributed by atoms with Gasteiger partial charge in [0.2, 0.25) is 16.5 Å². The highest BCUT2D eigenvalue weighted by atomic mass is 32.2. The van der Waals surface area contributed by atoms with Gasteiger partial charge in [-0.05, 0) is 18.6 Å².